The van der Waals surface area contributed by atoms with Crippen molar-refractivity contribution < 1.29 is 0 Å². The molecule has 0 amide bonds. The van der Waals surface area contributed by atoms with Gasteiger partial charge < -0.3 is 0 Å². The maximum Gasteiger partial charge on any atom is 0.0635 e. The summed E-state index contributed by atoms with van der Waals surface area (Å²) >= 11 is 5.36. The molecule has 0 rings (SSSR count). The lowest BCUT2D eigenvalue weighted by Crippen LogP contribution is -2.24. The van der Waals surface area contributed by atoms with Gasteiger partial charge in [0.1, 0.15) is 0 Å². The van der Waals surface area contributed by atoms with Crippen molar-refractivity contribution in [1.82, 2.24) is 4.90 Å². The first-order valence-corrected chi connectivity index (χ1v) is 4.13. The molecule has 11 heavy (non-hydrogen) atoms. The number of rotatable bonds is 5. The molecular weight excluding hydrogens is 160 g/mol. The highest BCUT2D eigenvalue weighted by molar-refractivity contribution is 6.25. The van der Waals surface area contributed by atoms with Crippen LogP contribution in [-0.4, -0.2) is 24.5 Å². The number of nitriles is 1. The third-order valence-corrected chi connectivity index (χ3v) is 1.62. The van der Waals surface area contributed by atoms with Gasteiger partial charge in [-0.1, -0.05) is 24.6 Å². The standard InChI is InChI=1S/C8H13ClN2/c1-2-11(7-3-5-9)8-4-6-10/h3,5H,2,4,7-8H2,1H3. The fourth-order valence-electron chi connectivity index (χ4n) is 0.776. The summed E-state index contributed by atoms with van der Waals surface area (Å²) in [5.41, 5.74) is 1.51. The average Bonchev–Trinajstić information content (AvgIpc) is 2.05. The Labute approximate surface area is 73.1 Å². The maximum atomic E-state index is 8.32. The predicted molar refractivity (Wildman–Crippen MR) is 47.3 cm³/mol. The molecule has 3 heteroatoms. The maximum absolute atomic E-state index is 8.32. The summed E-state index contributed by atoms with van der Waals surface area (Å²) in [4.78, 5) is 2.15. The average molecular weight is 173 g/mol. The Hall–Kier alpha value is -0.520. The van der Waals surface area contributed by atoms with Crippen molar-refractivity contribution in [1.29, 1.82) is 5.26 Å². The molecule has 62 valence electrons. The van der Waals surface area contributed by atoms with Crippen LogP contribution in [0.2, 0.25) is 0 Å². The van der Waals surface area contributed by atoms with E-state index < -0.39 is 0 Å². The van der Waals surface area contributed by atoms with E-state index in [1.165, 1.54) is 5.54 Å². The van der Waals surface area contributed by atoms with Crippen molar-refractivity contribution in [3.63, 3.8) is 0 Å². The van der Waals surface area contributed by atoms with E-state index in [1.54, 1.807) is 0 Å². The quantitative estimate of drug-likeness (QED) is 0.634. The van der Waals surface area contributed by atoms with E-state index in [9.17, 15) is 0 Å². The zero-order valence-corrected chi connectivity index (χ0v) is 7.51. The molecule has 0 aromatic rings. The molecule has 0 atom stereocenters. The van der Waals surface area contributed by atoms with Gasteiger partial charge in [-0.3, -0.25) is 4.90 Å². The molecule has 0 fully saturated rings. The van der Waals surface area contributed by atoms with Gasteiger partial charge in [-0.2, -0.15) is 5.26 Å². The second-order valence-corrected chi connectivity index (χ2v) is 2.42. The third-order valence-electron chi connectivity index (χ3n) is 1.44. The summed E-state index contributed by atoms with van der Waals surface area (Å²) < 4.78 is 0. The van der Waals surface area contributed by atoms with Crippen LogP contribution in [0.15, 0.2) is 11.6 Å². The monoisotopic (exact) mass is 172 g/mol. The highest BCUT2D eigenvalue weighted by Gasteiger charge is 1.96. The number of hydrogen-bond acceptors (Lipinski definition) is 2. The Morgan fingerprint density at radius 2 is 2.36 bits per heavy atom. The lowest BCUT2D eigenvalue weighted by atomic mass is 10.4. The summed E-state index contributed by atoms with van der Waals surface area (Å²) in [5.74, 6) is 0. The molecule has 0 aromatic heterocycles. The number of nitrogens with zero attached hydrogens (tertiary/aromatic N) is 2. The molecule has 0 bridgehead atoms. The first-order valence-electron chi connectivity index (χ1n) is 3.69. The summed E-state index contributed by atoms with van der Waals surface area (Å²) in [7, 11) is 0. The van der Waals surface area contributed by atoms with E-state index in [2.05, 4.69) is 17.9 Å². The summed E-state index contributed by atoms with van der Waals surface area (Å²) in [5, 5.41) is 8.32. The van der Waals surface area contributed by atoms with Crippen LogP contribution in [0.5, 0.6) is 0 Å². The minimum Gasteiger partial charge on any atom is -0.299 e. The van der Waals surface area contributed by atoms with Crippen molar-refractivity contribution >= 4 is 11.6 Å². The van der Waals surface area contributed by atoms with E-state index in [1.807, 2.05) is 6.08 Å². The van der Waals surface area contributed by atoms with Crippen LogP contribution in [0.4, 0.5) is 0 Å². The smallest absolute Gasteiger partial charge is 0.0635 e. The van der Waals surface area contributed by atoms with Crippen molar-refractivity contribution in [2.75, 3.05) is 19.6 Å². The van der Waals surface area contributed by atoms with Crippen LogP contribution >= 0.6 is 11.6 Å². The zero-order chi connectivity index (χ0) is 8.53. The van der Waals surface area contributed by atoms with E-state index in [0.29, 0.717) is 6.42 Å². The lowest BCUT2D eigenvalue weighted by Gasteiger charge is -2.15. The molecule has 0 heterocycles. The van der Waals surface area contributed by atoms with Gasteiger partial charge in [0.15, 0.2) is 0 Å². The molecule has 0 aliphatic heterocycles. The van der Waals surface area contributed by atoms with Gasteiger partial charge in [0.05, 0.1) is 6.07 Å². The molecule has 0 radical (unpaired) electrons. The summed E-state index contributed by atoms with van der Waals surface area (Å²) in [6.07, 6.45) is 2.46. The fourth-order valence-corrected chi connectivity index (χ4v) is 0.855. The molecule has 0 saturated heterocycles. The molecule has 2 nitrogen and oxygen atoms in total. The first kappa shape index (κ1) is 10.5. The number of hydrogen-bond donors (Lipinski definition) is 0. The third kappa shape index (κ3) is 5.90. The van der Waals surface area contributed by atoms with Crippen LogP contribution in [0.3, 0.4) is 0 Å². The van der Waals surface area contributed by atoms with E-state index >= 15 is 0 Å². The normalized spacial score (nSPS) is 10.7. The summed E-state index contributed by atoms with van der Waals surface area (Å²) in [6, 6.07) is 2.11. The van der Waals surface area contributed by atoms with E-state index in [0.717, 1.165) is 19.6 Å². The van der Waals surface area contributed by atoms with Gasteiger partial charge in [0, 0.05) is 25.0 Å². The highest BCUT2D eigenvalue weighted by atomic mass is 35.5. The molecule has 0 spiro atoms. The van der Waals surface area contributed by atoms with Gasteiger partial charge in [-0.15, -0.1) is 0 Å². The van der Waals surface area contributed by atoms with Crippen LogP contribution in [0.1, 0.15) is 13.3 Å². The topological polar surface area (TPSA) is 27.0 Å². The SMILES string of the molecule is CCN(CC=CCl)CCC#N. The Kier molecular flexibility index (Phi) is 7.23. The van der Waals surface area contributed by atoms with Gasteiger partial charge in [0.2, 0.25) is 0 Å². The fraction of sp³-hybridized carbons (Fsp3) is 0.625. The highest BCUT2D eigenvalue weighted by Crippen LogP contribution is 1.91. The van der Waals surface area contributed by atoms with Crippen LogP contribution in [0.25, 0.3) is 0 Å². The largest absolute Gasteiger partial charge is 0.299 e. The van der Waals surface area contributed by atoms with Gasteiger partial charge in [-0.05, 0) is 6.54 Å². The Bertz CT molecular complexity index is 149. The molecule has 0 aromatic carbocycles. The first-order chi connectivity index (χ1) is 5.35. The van der Waals surface area contributed by atoms with Crippen molar-refractivity contribution in [3.05, 3.63) is 11.6 Å². The molecule has 0 saturated carbocycles. The lowest BCUT2D eigenvalue weighted by molar-refractivity contribution is 0.327. The number of halogens is 1. The molecular formula is C8H13ClN2. The summed E-state index contributed by atoms with van der Waals surface area (Å²) in [6.45, 7) is 4.69. The molecule has 0 aliphatic carbocycles. The van der Waals surface area contributed by atoms with E-state index in [4.69, 9.17) is 16.9 Å². The van der Waals surface area contributed by atoms with Crippen LogP contribution in [-0.2, 0) is 0 Å². The van der Waals surface area contributed by atoms with E-state index in [-0.39, 0.29) is 0 Å². The second kappa shape index (κ2) is 7.59. The van der Waals surface area contributed by atoms with Crippen molar-refractivity contribution in [2.45, 2.75) is 13.3 Å². The second-order valence-electron chi connectivity index (χ2n) is 2.16. The Balaban J connectivity index is 3.50. The Morgan fingerprint density at radius 1 is 1.64 bits per heavy atom. The van der Waals surface area contributed by atoms with Crippen molar-refractivity contribution in [2.24, 2.45) is 0 Å². The predicted octanol–water partition coefficient (Wildman–Crippen LogP) is 1.97. The minimum absolute atomic E-state index is 0.587. The van der Waals surface area contributed by atoms with Gasteiger partial charge >= 0.3 is 0 Å². The van der Waals surface area contributed by atoms with Crippen LogP contribution in [0, 0.1) is 11.3 Å². The van der Waals surface area contributed by atoms with Crippen LogP contribution < -0.4 is 0 Å². The van der Waals surface area contributed by atoms with Crippen molar-refractivity contribution in [3.8, 4) is 6.07 Å². The minimum atomic E-state index is 0.587. The number of likely N-dealkylation sites (N-methyl/N-ethyl adjacent to an activating group) is 1. The molecule has 0 unspecified atom stereocenters. The van der Waals surface area contributed by atoms with Gasteiger partial charge in [0.25, 0.3) is 0 Å². The zero-order valence-electron chi connectivity index (χ0n) is 6.76. The van der Waals surface area contributed by atoms with Gasteiger partial charge in [-0.25, -0.2) is 0 Å². The Morgan fingerprint density at radius 3 is 2.82 bits per heavy atom. The molecule has 0 aliphatic rings. The molecule has 0 N–H and O–H groups in total.